The van der Waals surface area contributed by atoms with E-state index < -0.39 is 5.91 Å². The Labute approximate surface area is 185 Å². The lowest BCUT2D eigenvalue weighted by atomic mass is 10.1. The zero-order chi connectivity index (χ0) is 22.3. The van der Waals surface area contributed by atoms with Gasteiger partial charge < -0.3 is 14.5 Å². The molecule has 0 aliphatic carbocycles. The number of amides is 1. The fourth-order valence-electron chi connectivity index (χ4n) is 3.31. The topological polar surface area (TPSA) is 93.1 Å². The molecule has 2 aromatic heterocycles. The number of carbonyl (C=O) groups excluding carboxylic acids is 1. The van der Waals surface area contributed by atoms with E-state index in [4.69, 9.17) is 14.3 Å². The summed E-state index contributed by atoms with van der Waals surface area (Å²) in [5, 5.41) is 18.0. The van der Waals surface area contributed by atoms with Gasteiger partial charge in [-0.2, -0.15) is 10.4 Å². The van der Waals surface area contributed by atoms with E-state index in [9.17, 15) is 10.1 Å². The number of nitrogens with zero attached hydrogens (tertiary/aromatic N) is 3. The Kier molecular flexibility index (Phi) is 6.44. The van der Waals surface area contributed by atoms with Gasteiger partial charge in [0.2, 0.25) is 0 Å². The molecule has 0 saturated heterocycles. The highest BCUT2D eigenvalue weighted by Crippen LogP contribution is 2.31. The van der Waals surface area contributed by atoms with E-state index in [1.54, 1.807) is 24.1 Å². The van der Waals surface area contributed by atoms with Gasteiger partial charge in [0.1, 0.15) is 22.9 Å². The average Bonchev–Trinajstić information content (AvgIpc) is 3.44. The highest BCUT2D eigenvalue weighted by atomic mass is 16.5. The van der Waals surface area contributed by atoms with Crippen LogP contribution in [0.5, 0.6) is 0 Å². The lowest BCUT2D eigenvalue weighted by Gasteiger charge is -2.03. The number of methoxy groups -OCH3 is 1. The highest BCUT2D eigenvalue weighted by molar-refractivity contribution is 6.02. The maximum Gasteiger partial charge on any atom is 0.261 e. The minimum atomic E-state index is -0.438. The summed E-state index contributed by atoms with van der Waals surface area (Å²) in [6.07, 6.45) is 3.99. The van der Waals surface area contributed by atoms with Crippen LogP contribution in [0.15, 0.2) is 76.9 Å². The third-order valence-electron chi connectivity index (χ3n) is 4.90. The van der Waals surface area contributed by atoms with Crippen molar-refractivity contribution in [2.45, 2.75) is 6.42 Å². The van der Waals surface area contributed by atoms with E-state index in [1.807, 2.05) is 66.7 Å². The van der Waals surface area contributed by atoms with Gasteiger partial charge in [-0.25, -0.2) is 4.68 Å². The number of fused-ring (bicyclic) bond motifs is 1. The van der Waals surface area contributed by atoms with Crippen LogP contribution < -0.4 is 5.32 Å². The molecule has 0 fully saturated rings. The third-order valence-corrected chi connectivity index (χ3v) is 4.90. The van der Waals surface area contributed by atoms with Crippen LogP contribution in [-0.2, 0) is 9.53 Å². The fourth-order valence-corrected chi connectivity index (χ4v) is 3.31. The summed E-state index contributed by atoms with van der Waals surface area (Å²) >= 11 is 0. The molecule has 1 amide bonds. The Hall–Kier alpha value is -4.15. The van der Waals surface area contributed by atoms with E-state index in [-0.39, 0.29) is 5.57 Å². The summed E-state index contributed by atoms with van der Waals surface area (Å²) in [6.45, 7) is 0.956. The number of para-hydroxylation sites is 2. The van der Waals surface area contributed by atoms with Crippen LogP contribution in [0.25, 0.3) is 34.2 Å². The predicted octanol–water partition coefficient (Wildman–Crippen LogP) is 4.35. The number of aromatic nitrogens is 2. The van der Waals surface area contributed by atoms with Crippen LogP contribution >= 0.6 is 0 Å². The smallest absolute Gasteiger partial charge is 0.261 e. The molecule has 2 aromatic carbocycles. The molecule has 160 valence electrons. The number of benzene rings is 2. The van der Waals surface area contributed by atoms with E-state index >= 15 is 0 Å². The molecule has 0 unspecified atom stereocenters. The van der Waals surface area contributed by atoms with Gasteiger partial charge in [-0.05, 0) is 36.8 Å². The van der Waals surface area contributed by atoms with Crippen LogP contribution in [0, 0.1) is 11.3 Å². The molecule has 1 N–H and O–H groups in total. The maximum atomic E-state index is 12.5. The van der Waals surface area contributed by atoms with Gasteiger partial charge in [0.05, 0.1) is 5.69 Å². The number of carbonyl (C=O) groups is 1. The summed E-state index contributed by atoms with van der Waals surface area (Å²) in [6, 6.07) is 21.2. The molecule has 4 aromatic rings. The van der Waals surface area contributed by atoms with Gasteiger partial charge in [0, 0.05) is 37.4 Å². The third kappa shape index (κ3) is 4.61. The van der Waals surface area contributed by atoms with Crippen LogP contribution in [0.2, 0.25) is 0 Å². The minimum absolute atomic E-state index is 0.00705. The number of hydrogen-bond acceptors (Lipinski definition) is 5. The van der Waals surface area contributed by atoms with Gasteiger partial charge in [-0.15, -0.1) is 0 Å². The first-order valence-electron chi connectivity index (χ1n) is 10.2. The van der Waals surface area contributed by atoms with Crippen molar-refractivity contribution in [2.24, 2.45) is 0 Å². The van der Waals surface area contributed by atoms with E-state index in [0.29, 0.717) is 36.6 Å². The second-order valence-corrected chi connectivity index (χ2v) is 7.13. The summed E-state index contributed by atoms with van der Waals surface area (Å²) in [4.78, 5) is 12.5. The Balaban J connectivity index is 1.74. The van der Waals surface area contributed by atoms with Crippen molar-refractivity contribution in [3.63, 3.8) is 0 Å². The van der Waals surface area contributed by atoms with Gasteiger partial charge in [-0.1, -0.05) is 36.4 Å². The van der Waals surface area contributed by atoms with Crippen LogP contribution in [-0.4, -0.2) is 35.9 Å². The van der Waals surface area contributed by atoms with E-state index in [2.05, 4.69) is 5.32 Å². The van der Waals surface area contributed by atoms with Crippen molar-refractivity contribution in [1.29, 1.82) is 5.26 Å². The van der Waals surface area contributed by atoms with Gasteiger partial charge in [0.15, 0.2) is 5.76 Å². The number of rotatable bonds is 8. The molecule has 2 heterocycles. The Morgan fingerprint density at radius 1 is 1.22 bits per heavy atom. The molecule has 0 spiro atoms. The Morgan fingerprint density at radius 3 is 2.75 bits per heavy atom. The molecule has 0 atom stereocenters. The first-order valence-corrected chi connectivity index (χ1v) is 10.2. The molecule has 0 saturated carbocycles. The summed E-state index contributed by atoms with van der Waals surface area (Å²) in [7, 11) is 1.60. The summed E-state index contributed by atoms with van der Waals surface area (Å²) in [5.41, 5.74) is 2.74. The molecular weight excluding hydrogens is 404 g/mol. The van der Waals surface area contributed by atoms with Crippen molar-refractivity contribution in [3.05, 3.63) is 78.0 Å². The predicted molar refractivity (Wildman–Crippen MR) is 122 cm³/mol. The van der Waals surface area contributed by atoms with Gasteiger partial charge in [-0.3, -0.25) is 4.79 Å². The SMILES string of the molecule is COCCCNC(=O)/C(C#N)=C\c1cn(-c2ccccc2)nc1-c1cc2ccccc2o1. The minimum Gasteiger partial charge on any atom is -0.454 e. The zero-order valence-electron chi connectivity index (χ0n) is 17.6. The van der Waals surface area contributed by atoms with Crippen molar-refractivity contribution >= 4 is 23.0 Å². The zero-order valence-corrected chi connectivity index (χ0v) is 17.6. The van der Waals surface area contributed by atoms with Crippen molar-refractivity contribution < 1.29 is 13.9 Å². The number of nitrogens with one attached hydrogen (secondary N) is 1. The van der Waals surface area contributed by atoms with E-state index in [1.165, 1.54) is 0 Å². The molecule has 0 radical (unpaired) electrons. The monoisotopic (exact) mass is 426 g/mol. The molecule has 0 aliphatic heterocycles. The first kappa shape index (κ1) is 21.1. The number of ether oxygens (including phenoxy) is 1. The maximum absolute atomic E-state index is 12.5. The standard InChI is InChI=1S/C25H22N4O3/c1-31-13-7-12-27-25(30)19(16-26)14-20-17-29(21-9-3-2-4-10-21)28-24(20)23-15-18-8-5-6-11-22(18)32-23/h2-6,8-11,14-15,17H,7,12-13H2,1H3,(H,27,30)/b19-14-. The highest BCUT2D eigenvalue weighted by Gasteiger charge is 2.17. The lowest BCUT2D eigenvalue weighted by Crippen LogP contribution is -2.26. The second-order valence-electron chi connectivity index (χ2n) is 7.13. The van der Waals surface area contributed by atoms with Gasteiger partial charge in [0.25, 0.3) is 5.91 Å². The van der Waals surface area contributed by atoms with Crippen LogP contribution in [0.3, 0.4) is 0 Å². The summed E-state index contributed by atoms with van der Waals surface area (Å²) in [5.74, 6) is 0.122. The van der Waals surface area contributed by atoms with Gasteiger partial charge >= 0.3 is 0 Å². The number of nitriles is 1. The average molecular weight is 426 g/mol. The number of hydrogen-bond donors (Lipinski definition) is 1. The first-order chi connectivity index (χ1) is 15.7. The molecule has 7 nitrogen and oxygen atoms in total. The molecular formula is C25H22N4O3. The molecule has 32 heavy (non-hydrogen) atoms. The van der Waals surface area contributed by atoms with Crippen LogP contribution in [0.4, 0.5) is 0 Å². The Bertz CT molecular complexity index is 1260. The summed E-state index contributed by atoms with van der Waals surface area (Å²) < 4.78 is 12.7. The quantitative estimate of drug-likeness (QED) is 0.257. The van der Waals surface area contributed by atoms with Crippen LogP contribution in [0.1, 0.15) is 12.0 Å². The van der Waals surface area contributed by atoms with Crippen molar-refractivity contribution in [1.82, 2.24) is 15.1 Å². The van der Waals surface area contributed by atoms with E-state index in [0.717, 1.165) is 16.7 Å². The molecule has 0 aliphatic rings. The molecule has 0 bridgehead atoms. The Morgan fingerprint density at radius 2 is 2.00 bits per heavy atom. The second kappa shape index (κ2) is 9.77. The fraction of sp³-hybridized carbons (Fsp3) is 0.160. The lowest BCUT2D eigenvalue weighted by molar-refractivity contribution is -0.117. The van der Waals surface area contributed by atoms with Crippen molar-refractivity contribution in [2.75, 3.05) is 20.3 Å². The normalized spacial score (nSPS) is 11.4. The largest absolute Gasteiger partial charge is 0.454 e. The number of furan rings is 1. The van der Waals surface area contributed by atoms with Crippen molar-refractivity contribution in [3.8, 4) is 23.2 Å². The molecule has 7 heteroatoms. The molecule has 4 rings (SSSR count).